The van der Waals surface area contributed by atoms with Crippen molar-refractivity contribution in [2.45, 2.75) is 6.54 Å². The lowest BCUT2D eigenvalue weighted by atomic mass is 10.1. The molecular weight excluding hydrogens is 254 g/mol. The molecule has 0 fully saturated rings. The van der Waals surface area contributed by atoms with Gasteiger partial charge in [-0.2, -0.15) is 0 Å². The summed E-state index contributed by atoms with van der Waals surface area (Å²) in [5, 5.41) is 11.1. The summed E-state index contributed by atoms with van der Waals surface area (Å²) in [6.45, 7) is 0.504. The fourth-order valence-corrected chi connectivity index (χ4v) is 2.38. The highest BCUT2D eigenvalue weighted by Crippen LogP contribution is 2.28. The van der Waals surface area contributed by atoms with Gasteiger partial charge in [0.1, 0.15) is 16.9 Å². The maximum absolute atomic E-state index is 12.5. The largest absolute Gasteiger partial charge is 0.507 e. The summed E-state index contributed by atoms with van der Waals surface area (Å²) < 4.78 is 5.85. The molecule has 20 heavy (non-hydrogen) atoms. The van der Waals surface area contributed by atoms with Crippen molar-refractivity contribution in [2.75, 3.05) is 14.1 Å². The van der Waals surface area contributed by atoms with E-state index in [0.29, 0.717) is 34.0 Å². The van der Waals surface area contributed by atoms with Crippen molar-refractivity contribution in [1.82, 2.24) is 4.90 Å². The highest BCUT2D eigenvalue weighted by atomic mass is 16.3. The van der Waals surface area contributed by atoms with Gasteiger partial charge in [0.25, 0.3) is 0 Å². The van der Waals surface area contributed by atoms with Crippen LogP contribution in [0.1, 0.15) is 5.56 Å². The molecule has 3 aromatic rings. The number of aromatic hydroxyl groups is 1. The number of fused-ring (bicyclic) bond motifs is 2. The zero-order valence-corrected chi connectivity index (χ0v) is 11.4. The molecule has 0 saturated heterocycles. The van der Waals surface area contributed by atoms with Crippen molar-refractivity contribution >= 4 is 21.9 Å². The van der Waals surface area contributed by atoms with Gasteiger partial charge in [-0.3, -0.25) is 4.79 Å². The van der Waals surface area contributed by atoms with E-state index in [2.05, 4.69) is 0 Å². The summed E-state index contributed by atoms with van der Waals surface area (Å²) in [5.74, 6) is 0.143. The molecule has 0 saturated carbocycles. The molecule has 4 nitrogen and oxygen atoms in total. The zero-order chi connectivity index (χ0) is 14.3. The van der Waals surface area contributed by atoms with E-state index >= 15 is 0 Å². The fourth-order valence-electron chi connectivity index (χ4n) is 2.38. The fraction of sp³-hybridized carbons (Fsp3) is 0.188. The monoisotopic (exact) mass is 269 g/mol. The van der Waals surface area contributed by atoms with Gasteiger partial charge in [-0.25, -0.2) is 0 Å². The van der Waals surface area contributed by atoms with Crippen LogP contribution in [0, 0.1) is 0 Å². The predicted molar refractivity (Wildman–Crippen MR) is 79.0 cm³/mol. The molecule has 0 atom stereocenters. The van der Waals surface area contributed by atoms with Crippen molar-refractivity contribution in [2.24, 2.45) is 0 Å². The van der Waals surface area contributed by atoms with E-state index in [1.807, 2.05) is 31.1 Å². The Bertz CT molecular complexity index is 849. The topological polar surface area (TPSA) is 53.7 Å². The minimum atomic E-state index is -0.0677. The maximum atomic E-state index is 12.5. The van der Waals surface area contributed by atoms with Crippen molar-refractivity contribution in [3.63, 3.8) is 0 Å². The lowest BCUT2D eigenvalue weighted by molar-refractivity contribution is 0.385. The van der Waals surface area contributed by atoms with Crippen LogP contribution in [-0.2, 0) is 6.54 Å². The van der Waals surface area contributed by atoms with Crippen LogP contribution in [0.3, 0.4) is 0 Å². The van der Waals surface area contributed by atoms with E-state index in [9.17, 15) is 9.90 Å². The molecule has 0 radical (unpaired) electrons. The number of hydrogen-bond acceptors (Lipinski definition) is 4. The number of phenolic OH excluding ortho intramolecular Hbond substituents is 1. The van der Waals surface area contributed by atoms with Crippen LogP contribution in [0.2, 0.25) is 0 Å². The first-order chi connectivity index (χ1) is 9.58. The minimum Gasteiger partial charge on any atom is -0.507 e. The first-order valence-electron chi connectivity index (χ1n) is 6.39. The molecular formula is C16H15NO3. The summed E-state index contributed by atoms with van der Waals surface area (Å²) in [6, 6.07) is 10.3. The second-order valence-electron chi connectivity index (χ2n) is 5.11. The standard InChI is InChI=1S/C16H15NO3/c1-17(2)9-12-13(18)8-7-11-15(19)10-5-3-4-6-14(10)20-16(11)12/h3-8,18H,9H2,1-2H3. The van der Waals surface area contributed by atoms with E-state index in [1.165, 1.54) is 0 Å². The van der Waals surface area contributed by atoms with Gasteiger partial charge in [0, 0.05) is 6.54 Å². The number of hydrogen-bond donors (Lipinski definition) is 1. The molecule has 0 spiro atoms. The highest BCUT2D eigenvalue weighted by molar-refractivity contribution is 5.91. The van der Waals surface area contributed by atoms with Crippen molar-refractivity contribution < 1.29 is 9.52 Å². The lowest BCUT2D eigenvalue weighted by Crippen LogP contribution is -2.12. The molecule has 1 N–H and O–H groups in total. The molecule has 0 aliphatic carbocycles. The normalized spacial score (nSPS) is 11.6. The molecule has 4 heteroatoms. The van der Waals surface area contributed by atoms with Crippen LogP contribution >= 0.6 is 0 Å². The van der Waals surface area contributed by atoms with Crippen molar-refractivity contribution in [3.8, 4) is 5.75 Å². The Balaban J connectivity index is 2.45. The number of benzene rings is 2. The van der Waals surface area contributed by atoms with Crippen molar-refractivity contribution in [1.29, 1.82) is 0 Å². The van der Waals surface area contributed by atoms with Gasteiger partial charge in [0.2, 0.25) is 5.43 Å². The van der Waals surface area contributed by atoms with Gasteiger partial charge in [0.05, 0.1) is 16.3 Å². The van der Waals surface area contributed by atoms with Gasteiger partial charge in [0.15, 0.2) is 0 Å². The van der Waals surface area contributed by atoms with Crippen LogP contribution in [0.15, 0.2) is 45.6 Å². The number of phenols is 1. The van der Waals surface area contributed by atoms with E-state index in [0.717, 1.165) is 0 Å². The molecule has 0 bridgehead atoms. The average Bonchev–Trinajstić information content (AvgIpc) is 2.42. The molecule has 0 amide bonds. The summed E-state index contributed by atoms with van der Waals surface area (Å²) in [5.41, 5.74) is 1.57. The quantitative estimate of drug-likeness (QED) is 0.727. The van der Waals surface area contributed by atoms with Crippen LogP contribution in [0.25, 0.3) is 21.9 Å². The van der Waals surface area contributed by atoms with Crippen molar-refractivity contribution in [3.05, 3.63) is 52.2 Å². The second kappa shape index (κ2) is 4.65. The van der Waals surface area contributed by atoms with Gasteiger partial charge >= 0.3 is 0 Å². The Morgan fingerprint density at radius 3 is 2.60 bits per heavy atom. The van der Waals surface area contributed by atoms with Gasteiger partial charge in [-0.15, -0.1) is 0 Å². The molecule has 3 rings (SSSR count). The molecule has 0 aliphatic heterocycles. The Hall–Kier alpha value is -2.33. The third kappa shape index (κ3) is 1.94. The van der Waals surface area contributed by atoms with Gasteiger partial charge in [-0.1, -0.05) is 12.1 Å². The maximum Gasteiger partial charge on any atom is 0.200 e. The summed E-state index contributed by atoms with van der Waals surface area (Å²) in [4.78, 5) is 14.4. The lowest BCUT2D eigenvalue weighted by Gasteiger charge is -2.13. The van der Waals surface area contributed by atoms with E-state index in [-0.39, 0.29) is 11.2 Å². The van der Waals surface area contributed by atoms with E-state index in [1.54, 1.807) is 24.3 Å². The Morgan fingerprint density at radius 2 is 1.85 bits per heavy atom. The second-order valence-corrected chi connectivity index (χ2v) is 5.11. The Kier molecular flexibility index (Phi) is 2.95. The zero-order valence-electron chi connectivity index (χ0n) is 11.4. The van der Waals surface area contributed by atoms with Crippen LogP contribution in [-0.4, -0.2) is 24.1 Å². The first-order valence-corrected chi connectivity index (χ1v) is 6.39. The van der Waals surface area contributed by atoms with Gasteiger partial charge in [-0.05, 0) is 38.4 Å². The number of rotatable bonds is 2. The van der Waals surface area contributed by atoms with E-state index < -0.39 is 0 Å². The summed E-state index contributed by atoms with van der Waals surface area (Å²) in [7, 11) is 3.80. The SMILES string of the molecule is CN(C)Cc1c(O)ccc2c(=O)c3ccccc3oc12. The molecule has 102 valence electrons. The molecule has 1 heterocycles. The molecule has 0 aliphatic rings. The third-order valence-electron chi connectivity index (χ3n) is 3.30. The number of nitrogens with zero attached hydrogens (tertiary/aromatic N) is 1. The summed E-state index contributed by atoms with van der Waals surface area (Å²) in [6.07, 6.45) is 0. The summed E-state index contributed by atoms with van der Waals surface area (Å²) >= 11 is 0. The molecule has 2 aromatic carbocycles. The smallest absolute Gasteiger partial charge is 0.200 e. The Morgan fingerprint density at radius 1 is 1.10 bits per heavy atom. The molecule has 1 aromatic heterocycles. The van der Waals surface area contributed by atoms with Crippen LogP contribution in [0.4, 0.5) is 0 Å². The van der Waals surface area contributed by atoms with Crippen LogP contribution in [0.5, 0.6) is 5.75 Å². The predicted octanol–water partition coefficient (Wildman–Crippen LogP) is 2.71. The third-order valence-corrected chi connectivity index (χ3v) is 3.30. The average molecular weight is 269 g/mol. The number of para-hydroxylation sites is 1. The highest BCUT2D eigenvalue weighted by Gasteiger charge is 2.14. The molecule has 0 unspecified atom stereocenters. The first kappa shape index (κ1) is 12.7. The van der Waals surface area contributed by atoms with Gasteiger partial charge < -0.3 is 14.4 Å². The Labute approximate surface area is 115 Å². The van der Waals surface area contributed by atoms with E-state index in [4.69, 9.17) is 4.42 Å². The minimum absolute atomic E-state index is 0.0677. The van der Waals surface area contributed by atoms with Crippen LogP contribution < -0.4 is 5.43 Å².